The van der Waals surface area contributed by atoms with Crippen LogP contribution in [0.25, 0.3) is 0 Å². The monoisotopic (exact) mass is 293 g/mol. The third-order valence-electron chi connectivity index (χ3n) is 4.23. The molecular formula is C16H24ClN3. The van der Waals surface area contributed by atoms with Crippen molar-refractivity contribution in [3.8, 4) is 0 Å². The van der Waals surface area contributed by atoms with Crippen molar-refractivity contribution >= 4 is 17.4 Å². The highest BCUT2D eigenvalue weighted by Crippen LogP contribution is 2.25. The number of hydrogen-bond acceptors (Lipinski definition) is 2. The van der Waals surface area contributed by atoms with Gasteiger partial charge in [-0.15, -0.1) is 0 Å². The van der Waals surface area contributed by atoms with Gasteiger partial charge in [-0.25, -0.2) is 0 Å². The topological polar surface area (TPSA) is 53.1 Å². The fraction of sp³-hybridized carbons (Fsp3) is 0.562. The second-order valence-corrected chi connectivity index (χ2v) is 6.19. The molecule has 1 saturated carbocycles. The number of amidine groups is 1. The van der Waals surface area contributed by atoms with Crippen LogP contribution in [-0.2, 0) is 6.54 Å². The molecule has 0 saturated heterocycles. The van der Waals surface area contributed by atoms with Crippen LogP contribution in [0, 0.1) is 5.41 Å². The number of nitrogens with zero attached hydrogens (tertiary/aromatic N) is 1. The number of nitrogens with one attached hydrogen (secondary N) is 1. The Bertz CT molecular complexity index is 465. The molecule has 0 radical (unpaired) electrons. The number of nitrogens with two attached hydrogens (primary N) is 1. The molecule has 0 unspecified atom stereocenters. The SMILES string of the molecule is CN(Cc1ccc(C(=N)N)cc1Cl)C1CCCCCC1. The molecular weight excluding hydrogens is 270 g/mol. The van der Waals surface area contributed by atoms with Crippen molar-refractivity contribution in [2.75, 3.05) is 7.05 Å². The van der Waals surface area contributed by atoms with Gasteiger partial charge in [-0.1, -0.05) is 49.4 Å². The molecule has 1 aliphatic rings. The number of nitrogen functional groups attached to an aromatic ring is 1. The van der Waals surface area contributed by atoms with Crippen LogP contribution in [-0.4, -0.2) is 23.8 Å². The summed E-state index contributed by atoms with van der Waals surface area (Å²) in [7, 11) is 2.19. The van der Waals surface area contributed by atoms with Crippen LogP contribution in [0.5, 0.6) is 0 Å². The second kappa shape index (κ2) is 7.09. The predicted octanol–water partition coefficient (Wildman–Crippen LogP) is 3.78. The van der Waals surface area contributed by atoms with Crippen molar-refractivity contribution in [3.05, 3.63) is 34.3 Å². The zero-order valence-electron chi connectivity index (χ0n) is 12.2. The average Bonchev–Trinajstić information content (AvgIpc) is 2.69. The minimum absolute atomic E-state index is 0.0653. The van der Waals surface area contributed by atoms with E-state index in [9.17, 15) is 0 Å². The molecule has 1 aromatic rings. The normalized spacial score (nSPS) is 17.1. The summed E-state index contributed by atoms with van der Waals surface area (Å²) in [6.07, 6.45) is 8.01. The lowest BCUT2D eigenvalue weighted by Gasteiger charge is -2.27. The van der Waals surface area contributed by atoms with Gasteiger partial charge in [-0.05, 0) is 31.5 Å². The molecule has 3 nitrogen and oxygen atoms in total. The molecule has 2 rings (SSSR count). The third-order valence-corrected chi connectivity index (χ3v) is 4.58. The van der Waals surface area contributed by atoms with E-state index in [-0.39, 0.29) is 5.84 Å². The van der Waals surface area contributed by atoms with E-state index in [1.54, 1.807) is 6.07 Å². The van der Waals surface area contributed by atoms with Crippen LogP contribution < -0.4 is 5.73 Å². The fourth-order valence-electron chi connectivity index (χ4n) is 2.94. The number of halogens is 1. The van der Waals surface area contributed by atoms with Gasteiger partial charge in [0.2, 0.25) is 0 Å². The van der Waals surface area contributed by atoms with Gasteiger partial charge in [-0.2, -0.15) is 0 Å². The Kier molecular flexibility index (Phi) is 5.44. The highest BCUT2D eigenvalue weighted by Gasteiger charge is 2.17. The molecule has 110 valence electrons. The summed E-state index contributed by atoms with van der Waals surface area (Å²) < 4.78 is 0. The molecule has 1 aromatic carbocycles. The van der Waals surface area contributed by atoms with E-state index in [0.717, 1.165) is 12.1 Å². The van der Waals surface area contributed by atoms with Gasteiger partial charge in [0.25, 0.3) is 0 Å². The Morgan fingerprint density at radius 3 is 2.50 bits per heavy atom. The zero-order valence-corrected chi connectivity index (χ0v) is 12.9. The van der Waals surface area contributed by atoms with Gasteiger partial charge in [0, 0.05) is 23.2 Å². The molecule has 0 bridgehead atoms. The van der Waals surface area contributed by atoms with E-state index in [1.165, 1.54) is 38.5 Å². The average molecular weight is 294 g/mol. The predicted molar refractivity (Wildman–Crippen MR) is 85.4 cm³/mol. The summed E-state index contributed by atoms with van der Waals surface area (Å²) in [5.74, 6) is 0.0653. The molecule has 0 heterocycles. The Labute approximate surface area is 126 Å². The lowest BCUT2D eigenvalue weighted by molar-refractivity contribution is 0.213. The van der Waals surface area contributed by atoms with E-state index in [2.05, 4.69) is 11.9 Å². The summed E-state index contributed by atoms with van der Waals surface area (Å²) in [4.78, 5) is 2.42. The Morgan fingerprint density at radius 2 is 1.95 bits per heavy atom. The van der Waals surface area contributed by atoms with Gasteiger partial charge >= 0.3 is 0 Å². The number of hydrogen-bond donors (Lipinski definition) is 2. The highest BCUT2D eigenvalue weighted by molar-refractivity contribution is 6.31. The van der Waals surface area contributed by atoms with Crippen LogP contribution >= 0.6 is 11.6 Å². The van der Waals surface area contributed by atoms with Crippen LogP contribution in [0.1, 0.15) is 49.7 Å². The Hall–Kier alpha value is -1.06. The van der Waals surface area contributed by atoms with Gasteiger partial charge in [0.1, 0.15) is 5.84 Å². The fourth-order valence-corrected chi connectivity index (χ4v) is 3.18. The van der Waals surface area contributed by atoms with E-state index >= 15 is 0 Å². The summed E-state index contributed by atoms with van der Waals surface area (Å²) >= 11 is 6.31. The van der Waals surface area contributed by atoms with E-state index < -0.39 is 0 Å². The zero-order chi connectivity index (χ0) is 14.5. The van der Waals surface area contributed by atoms with E-state index in [0.29, 0.717) is 16.6 Å². The van der Waals surface area contributed by atoms with Crippen LogP contribution in [0.4, 0.5) is 0 Å². The lowest BCUT2D eigenvalue weighted by atomic mass is 10.1. The van der Waals surface area contributed by atoms with Crippen LogP contribution in [0.3, 0.4) is 0 Å². The maximum atomic E-state index is 7.44. The van der Waals surface area contributed by atoms with Crippen molar-refractivity contribution in [1.29, 1.82) is 5.41 Å². The minimum atomic E-state index is 0.0653. The maximum Gasteiger partial charge on any atom is 0.122 e. The number of benzene rings is 1. The first kappa shape index (κ1) is 15.3. The van der Waals surface area contributed by atoms with Crippen molar-refractivity contribution in [3.63, 3.8) is 0 Å². The van der Waals surface area contributed by atoms with E-state index in [4.69, 9.17) is 22.7 Å². The van der Waals surface area contributed by atoms with Gasteiger partial charge in [0.15, 0.2) is 0 Å². The molecule has 4 heteroatoms. The summed E-state index contributed by atoms with van der Waals surface area (Å²) in [6.45, 7) is 0.863. The molecule has 20 heavy (non-hydrogen) atoms. The first-order valence-electron chi connectivity index (χ1n) is 7.41. The van der Waals surface area contributed by atoms with Gasteiger partial charge in [-0.3, -0.25) is 10.3 Å². The standard InChI is InChI=1S/C16H24ClN3/c1-20(14-6-4-2-3-5-7-14)11-13-9-8-12(16(18)19)10-15(13)17/h8-10,14H,2-7,11H2,1H3,(H3,18,19). The largest absolute Gasteiger partial charge is 0.384 e. The summed E-state index contributed by atoms with van der Waals surface area (Å²) in [5, 5.41) is 8.14. The number of rotatable bonds is 4. The van der Waals surface area contributed by atoms with Crippen molar-refractivity contribution in [2.24, 2.45) is 5.73 Å². The summed E-state index contributed by atoms with van der Waals surface area (Å²) in [6, 6.07) is 6.33. The quantitative estimate of drug-likeness (QED) is 0.504. The van der Waals surface area contributed by atoms with Crippen LogP contribution in [0.2, 0.25) is 5.02 Å². The van der Waals surface area contributed by atoms with Gasteiger partial charge in [0.05, 0.1) is 0 Å². The van der Waals surface area contributed by atoms with Crippen molar-refractivity contribution in [2.45, 2.75) is 51.1 Å². The molecule has 0 amide bonds. The van der Waals surface area contributed by atoms with Crippen LogP contribution in [0.15, 0.2) is 18.2 Å². The maximum absolute atomic E-state index is 7.44. The molecule has 0 spiro atoms. The third kappa shape index (κ3) is 3.97. The highest BCUT2D eigenvalue weighted by atomic mass is 35.5. The molecule has 1 fully saturated rings. The smallest absolute Gasteiger partial charge is 0.122 e. The molecule has 0 atom stereocenters. The lowest BCUT2D eigenvalue weighted by Crippen LogP contribution is -2.30. The Balaban J connectivity index is 2.03. The van der Waals surface area contributed by atoms with Gasteiger partial charge < -0.3 is 5.73 Å². The summed E-state index contributed by atoms with van der Waals surface area (Å²) in [5.41, 5.74) is 7.29. The second-order valence-electron chi connectivity index (χ2n) is 5.78. The van der Waals surface area contributed by atoms with E-state index in [1.807, 2.05) is 12.1 Å². The van der Waals surface area contributed by atoms with Crippen molar-refractivity contribution < 1.29 is 0 Å². The minimum Gasteiger partial charge on any atom is -0.384 e. The molecule has 1 aliphatic carbocycles. The Morgan fingerprint density at radius 1 is 1.30 bits per heavy atom. The first-order chi connectivity index (χ1) is 9.58. The molecule has 0 aromatic heterocycles. The molecule has 0 aliphatic heterocycles. The molecule has 3 N–H and O–H groups in total. The first-order valence-corrected chi connectivity index (χ1v) is 7.79. The van der Waals surface area contributed by atoms with Crippen molar-refractivity contribution in [1.82, 2.24) is 4.90 Å².